The van der Waals surface area contributed by atoms with Crippen LogP contribution in [0.1, 0.15) is 22.8 Å². The zero-order chi connectivity index (χ0) is 20.1. The lowest BCUT2D eigenvalue weighted by molar-refractivity contribution is 0.0955. The number of carbonyl (C=O) groups is 1. The first-order valence-corrected chi connectivity index (χ1v) is 9.34. The lowest BCUT2D eigenvalue weighted by Crippen LogP contribution is -2.17. The summed E-state index contributed by atoms with van der Waals surface area (Å²) in [7, 11) is 0. The van der Waals surface area contributed by atoms with E-state index in [9.17, 15) is 4.79 Å². The minimum absolute atomic E-state index is 0.292. The molecule has 0 spiro atoms. The van der Waals surface area contributed by atoms with Gasteiger partial charge in [-0.1, -0.05) is 42.5 Å². The molecule has 0 atom stereocenters. The molecule has 1 aromatic heterocycles. The highest BCUT2D eigenvalue weighted by atomic mass is 16.5. The van der Waals surface area contributed by atoms with Gasteiger partial charge in [0.2, 0.25) is 0 Å². The van der Waals surface area contributed by atoms with Gasteiger partial charge in [-0.2, -0.15) is 5.10 Å². The summed E-state index contributed by atoms with van der Waals surface area (Å²) in [6.07, 6.45) is 1.59. The normalized spacial score (nSPS) is 11.1. The molecule has 0 bridgehead atoms. The Bertz CT molecular complexity index is 1170. The molecule has 0 saturated carbocycles. The van der Waals surface area contributed by atoms with E-state index >= 15 is 0 Å². The molecular weight excluding hydrogens is 364 g/mol. The molecule has 0 aliphatic rings. The lowest BCUT2D eigenvalue weighted by atomic mass is 10.2. The average Bonchev–Trinajstić information content (AvgIpc) is 3.18. The highest BCUT2D eigenvalue weighted by Gasteiger charge is 2.09. The third kappa shape index (κ3) is 4.32. The number of benzene rings is 3. The summed E-state index contributed by atoms with van der Waals surface area (Å²) in [5.74, 6) is 1.24. The van der Waals surface area contributed by atoms with E-state index in [4.69, 9.17) is 4.74 Å². The Labute approximate surface area is 168 Å². The highest BCUT2D eigenvalue weighted by Crippen LogP contribution is 2.21. The number of aromatic nitrogens is 2. The topological polar surface area (TPSA) is 79.4 Å². The van der Waals surface area contributed by atoms with Crippen molar-refractivity contribution >= 4 is 23.2 Å². The number of imidazole rings is 1. The molecule has 0 radical (unpaired) electrons. The molecule has 1 heterocycles. The number of aromatic amines is 1. The van der Waals surface area contributed by atoms with E-state index in [1.54, 1.807) is 18.3 Å². The molecule has 0 aliphatic heterocycles. The van der Waals surface area contributed by atoms with Gasteiger partial charge in [-0.25, -0.2) is 10.4 Å². The third-order valence-corrected chi connectivity index (χ3v) is 4.34. The van der Waals surface area contributed by atoms with Gasteiger partial charge in [0.1, 0.15) is 11.6 Å². The summed E-state index contributed by atoms with van der Waals surface area (Å²) in [4.78, 5) is 20.3. The van der Waals surface area contributed by atoms with Gasteiger partial charge in [0, 0.05) is 11.1 Å². The molecule has 4 rings (SSSR count). The second-order valence-corrected chi connectivity index (χ2v) is 6.39. The summed E-state index contributed by atoms with van der Waals surface area (Å²) < 4.78 is 5.46. The number of carbonyl (C=O) groups excluding carboxylic acids is 1. The quantitative estimate of drug-likeness (QED) is 0.382. The molecule has 2 N–H and O–H groups in total. The van der Waals surface area contributed by atoms with Gasteiger partial charge in [0.05, 0.1) is 23.9 Å². The largest absolute Gasteiger partial charge is 0.494 e. The summed E-state index contributed by atoms with van der Waals surface area (Å²) in [5, 5.41) is 4.05. The number of H-pyrrole nitrogens is 1. The van der Waals surface area contributed by atoms with Crippen LogP contribution in [-0.2, 0) is 0 Å². The number of fused-ring (bicyclic) bond motifs is 1. The van der Waals surface area contributed by atoms with E-state index in [0.29, 0.717) is 12.2 Å². The van der Waals surface area contributed by atoms with E-state index < -0.39 is 0 Å². The van der Waals surface area contributed by atoms with Gasteiger partial charge in [-0.15, -0.1) is 0 Å². The van der Waals surface area contributed by atoms with Crippen LogP contribution in [0.25, 0.3) is 22.4 Å². The maximum absolute atomic E-state index is 12.4. The van der Waals surface area contributed by atoms with Crippen molar-refractivity contribution in [2.75, 3.05) is 6.61 Å². The van der Waals surface area contributed by atoms with Crippen molar-refractivity contribution in [1.82, 2.24) is 15.4 Å². The molecule has 4 aromatic rings. The fourth-order valence-electron chi connectivity index (χ4n) is 2.96. The average molecular weight is 384 g/mol. The second kappa shape index (κ2) is 8.39. The highest BCUT2D eigenvalue weighted by molar-refractivity contribution is 5.98. The van der Waals surface area contributed by atoms with Crippen molar-refractivity contribution < 1.29 is 9.53 Å². The van der Waals surface area contributed by atoms with Gasteiger partial charge >= 0.3 is 0 Å². The fourth-order valence-corrected chi connectivity index (χ4v) is 2.96. The molecule has 0 unspecified atom stereocenters. The third-order valence-electron chi connectivity index (χ3n) is 4.34. The van der Waals surface area contributed by atoms with Crippen LogP contribution < -0.4 is 10.2 Å². The number of hydrogen-bond donors (Lipinski definition) is 2. The summed E-state index contributed by atoms with van der Waals surface area (Å²) in [6.45, 7) is 2.53. The number of amides is 1. The van der Waals surface area contributed by atoms with Crippen molar-refractivity contribution in [3.8, 4) is 17.1 Å². The number of nitrogens with one attached hydrogen (secondary N) is 2. The summed E-state index contributed by atoms with van der Waals surface area (Å²) in [5.41, 5.74) is 6.49. The van der Waals surface area contributed by atoms with Crippen LogP contribution in [0, 0.1) is 0 Å². The molecule has 0 aliphatic carbocycles. The van der Waals surface area contributed by atoms with Crippen LogP contribution in [0.2, 0.25) is 0 Å². The maximum atomic E-state index is 12.4. The van der Waals surface area contributed by atoms with E-state index in [2.05, 4.69) is 20.5 Å². The van der Waals surface area contributed by atoms with Gasteiger partial charge in [-0.05, 0) is 42.8 Å². The number of nitrogens with zero attached hydrogens (tertiary/aromatic N) is 2. The standard InChI is InChI=1S/C23H20N4O2/c1-2-29-19-10-6-7-16(13-19)15-24-27-23(28)18-11-12-20-21(14-18)26-22(25-20)17-8-4-3-5-9-17/h3-15H,2H2,1H3,(H,25,26)(H,27,28)/b24-15+. The Hall–Kier alpha value is -3.93. The lowest BCUT2D eigenvalue weighted by Gasteiger charge is -2.03. The van der Waals surface area contributed by atoms with Crippen molar-refractivity contribution in [2.24, 2.45) is 5.10 Å². The van der Waals surface area contributed by atoms with Gasteiger partial charge in [0.25, 0.3) is 5.91 Å². The number of hydrogen-bond acceptors (Lipinski definition) is 4. The molecule has 1 amide bonds. The minimum Gasteiger partial charge on any atom is -0.494 e. The Kier molecular flexibility index (Phi) is 5.33. The molecule has 144 valence electrons. The number of ether oxygens (including phenoxy) is 1. The van der Waals surface area contributed by atoms with Crippen LogP contribution in [0.4, 0.5) is 0 Å². The van der Waals surface area contributed by atoms with Crippen LogP contribution in [0.3, 0.4) is 0 Å². The van der Waals surface area contributed by atoms with Gasteiger partial charge < -0.3 is 9.72 Å². The summed E-state index contributed by atoms with van der Waals surface area (Å²) >= 11 is 0. The minimum atomic E-state index is -0.292. The molecule has 0 saturated heterocycles. The van der Waals surface area contributed by atoms with Gasteiger partial charge in [0.15, 0.2) is 0 Å². The number of hydrazone groups is 1. The molecule has 0 fully saturated rings. The molecule has 6 heteroatoms. The van der Waals surface area contributed by atoms with Crippen molar-refractivity contribution in [2.45, 2.75) is 6.92 Å². The van der Waals surface area contributed by atoms with Crippen LogP contribution in [0.15, 0.2) is 77.9 Å². The maximum Gasteiger partial charge on any atom is 0.271 e. The Morgan fingerprint density at radius 1 is 1.10 bits per heavy atom. The first-order chi connectivity index (χ1) is 14.2. The molecular formula is C23H20N4O2. The Morgan fingerprint density at radius 2 is 1.97 bits per heavy atom. The van der Waals surface area contributed by atoms with E-state index in [1.807, 2.05) is 67.6 Å². The summed E-state index contributed by atoms with van der Waals surface area (Å²) in [6, 6.07) is 22.7. The SMILES string of the molecule is CCOc1cccc(/C=N/NC(=O)c2ccc3nc(-c4ccccc4)[nH]c3c2)c1. The predicted octanol–water partition coefficient (Wildman–Crippen LogP) is 4.39. The Morgan fingerprint density at radius 3 is 2.79 bits per heavy atom. The fraction of sp³-hybridized carbons (Fsp3) is 0.0870. The first-order valence-electron chi connectivity index (χ1n) is 9.34. The van der Waals surface area contributed by atoms with Crippen LogP contribution in [-0.4, -0.2) is 28.7 Å². The zero-order valence-corrected chi connectivity index (χ0v) is 15.9. The number of rotatable bonds is 6. The monoisotopic (exact) mass is 384 g/mol. The van der Waals surface area contributed by atoms with Crippen molar-refractivity contribution in [1.29, 1.82) is 0 Å². The van der Waals surface area contributed by atoms with Crippen LogP contribution >= 0.6 is 0 Å². The van der Waals surface area contributed by atoms with Crippen molar-refractivity contribution in [3.05, 3.63) is 83.9 Å². The van der Waals surface area contributed by atoms with E-state index in [0.717, 1.165) is 33.7 Å². The second-order valence-electron chi connectivity index (χ2n) is 6.39. The van der Waals surface area contributed by atoms with Crippen molar-refractivity contribution in [3.63, 3.8) is 0 Å². The Balaban J connectivity index is 1.48. The first kappa shape index (κ1) is 18.4. The zero-order valence-electron chi connectivity index (χ0n) is 15.9. The molecule has 29 heavy (non-hydrogen) atoms. The predicted molar refractivity (Wildman–Crippen MR) is 114 cm³/mol. The van der Waals surface area contributed by atoms with E-state index in [1.165, 1.54) is 0 Å². The van der Waals surface area contributed by atoms with E-state index in [-0.39, 0.29) is 5.91 Å². The molecule has 3 aromatic carbocycles. The van der Waals surface area contributed by atoms with Crippen LogP contribution in [0.5, 0.6) is 5.75 Å². The van der Waals surface area contributed by atoms with Gasteiger partial charge in [-0.3, -0.25) is 4.79 Å². The molecule has 6 nitrogen and oxygen atoms in total. The smallest absolute Gasteiger partial charge is 0.271 e.